The first-order chi connectivity index (χ1) is 12.6. The summed E-state index contributed by atoms with van der Waals surface area (Å²) >= 11 is 3.32. The minimum absolute atomic E-state index is 0.0810. The molecular weight excluding hydrogens is 414 g/mol. The van der Waals surface area contributed by atoms with E-state index in [4.69, 9.17) is 4.74 Å². The van der Waals surface area contributed by atoms with Crippen molar-refractivity contribution in [3.8, 4) is 0 Å². The van der Waals surface area contributed by atoms with E-state index in [-0.39, 0.29) is 11.5 Å². The standard InChI is InChI=1S/C17H18BrN3O4.C2H6/c1-17(2,3)25-16(24)21(14-6-5-11(10-22)8-19-14)13-7-12(18)9-20(4)15(13)23;1-2/h5-10H,1-4H3;1-2H3. The maximum atomic E-state index is 12.7. The minimum Gasteiger partial charge on any atom is -0.443 e. The second-order valence-corrected chi connectivity index (χ2v) is 7.26. The number of hydrogen-bond donors (Lipinski definition) is 0. The van der Waals surface area contributed by atoms with Crippen LogP contribution in [0.5, 0.6) is 0 Å². The lowest BCUT2D eigenvalue weighted by Crippen LogP contribution is -2.37. The van der Waals surface area contributed by atoms with E-state index in [1.165, 1.54) is 29.0 Å². The molecule has 27 heavy (non-hydrogen) atoms. The van der Waals surface area contributed by atoms with Crippen LogP contribution in [0.1, 0.15) is 45.0 Å². The van der Waals surface area contributed by atoms with Crippen LogP contribution >= 0.6 is 15.9 Å². The van der Waals surface area contributed by atoms with Gasteiger partial charge in [-0.2, -0.15) is 0 Å². The van der Waals surface area contributed by atoms with Gasteiger partial charge in [0.2, 0.25) is 0 Å². The number of aromatic nitrogens is 2. The van der Waals surface area contributed by atoms with E-state index in [0.717, 1.165) is 4.90 Å². The third-order valence-corrected chi connectivity index (χ3v) is 3.52. The first kappa shape index (κ1) is 22.6. The van der Waals surface area contributed by atoms with Crippen LogP contribution in [0.4, 0.5) is 16.3 Å². The molecule has 0 spiro atoms. The van der Waals surface area contributed by atoms with Crippen LogP contribution in [0, 0.1) is 0 Å². The van der Waals surface area contributed by atoms with E-state index >= 15 is 0 Å². The zero-order chi connectivity index (χ0) is 20.8. The average molecular weight is 438 g/mol. The Bertz CT molecular complexity index is 855. The summed E-state index contributed by atoms with van der Waals surface area (Å²) in [6.45, 7) is 9.18. The zero-order valence-corrected chi connectivity index (χ0v) is 17.9. The van der Waals surface area contributed by atoms with Crippen molar-refractivity contribution in [2.24, 2.45) is 7.05 Å². The summed E-state index contributed by atoms with van der Waals surface area (Å²) in [6.07, 6.45) is 2.81. The van der Waals surface area contributed by atoms with Gasteiger partial charge >= 0.3 is 6.09 Å². The first-order valence-electron chi connectivity index (χ1n) is 8.43. The molecule has 0 unspecified atom stereocenters. The molecule has 2 heterocycles. The smallest absolute Gasteiger partial charge is 0.420 e. The highest BCUT2D eigenvalue weighted by atomic mass is 79.9. The number of hydrogen-bond acceptors (Lipinski definition) is 5. The lowest BCUT2D eigenvalue weighted by molar-refractivity contribution is 0.0597. The third-order valence-electron chi connectivity index (χ3n) is 3.08. The van der Waals surface area contributed by atoms with Gasteiger partial charge in [-0.1, -0.05) is 13.8 Å². The van der Waals surface area contributed by atoms with Crippen LogP contribution in [0.25, 0.3) is 0 Å². The van der Waals surface area contributed by atoms with Crippen LogP contribution < -0.4 is 10.5 Å². The Labute approximate surface area is 167 Å². The van der Waals surface area contributed by atoms with Crippen molar-refractivity contribution in [3.63, 3.8) is 0 Å². The summed E-state index contributed by atoms with van der Waals surface area (Å²) in [4.78, 5) is 41.3. The van der Waals surface area contributed by atoms with E-state index in [1.807, 2.05) is 13.8 Å². The average Bonchev–Trinajstić information content (AvgIpc) is 2.60. The molecule has 0 saturated heterocycles. The van der Waals surface area contributed by atoms with Crippen molar-refractivity contribution in [3.05, 3.63) is 51.0 Å². The van der Waals surface area contributed by atoms with Crippen molar-refractivity contribution in [1.82, 2.24) is 9.55 Å². The molecule has 0 N–H and O–H groups in total. The number of halogens is 1. The Balaban J connectivity index is 0.00000176. The molecule has 0 radical (unpaired) electrons. The maximum Gasteiger partial charge on any atom is 0.420 e. The van der Waals surface area contributed by atoms with Crippen molar-refractivity contribution < 1.29 is 14.3 Å². The third kappa shape index (κ3) is 6.02. The summed E-state index contributed by atoms with van der Waals surface area (Å²) < 4.78 is 7.37. The molecule has 0 aliphatic carbocycles. The van der Waals surface area contributed by atoms with Gasteiger partial charge in [-0.25, -0.2) is 14.7 Å². The maximum absolute atomic E-state index is 12.7. The Morgan fingerprint density at radius 1 is 1.30 bits per heavy atom. The van der Waals surface area contributed by atoms with Crippen LogP contribution in [0.2, 0.25) is 0 Å². The van der Waals surface area contributed by atoms with E-state index in [9.17, 15) is 14.4 Å². The molecule has 0 bridgehead atoms. The van der Waals surface area contributed by atoms with Crippen LogP contribution in [-0.2, 0) is 11.8 Å². The van der Waals surface area contributed by atoms with Crippen molar-refractivity contribution >= 4 is 39.8 Å². The molecule has 0 saturated carbocycles. The summed E-state index contributed by atoms with van der Waals surface area (Å²) in [5.41, 5.74) is -0.710. The van der Waals surface area contributed by atoms with Gasteiger partial charge in [0.25, 0.3) is 5.56 Å². The van der Waals surface area contributed by atoms with Crippen molar-refractivity contribution in [1.29, 1.82) is 0 Å². The number of carbonyl (C=O) groups is 2. The minimum atomic E-state index is -0.755. The predicted octanol–water partition coefficient (Wildman–Crippen LogP) is 4.45. The van der Waals surface area contributed by atoms with Gasteiger partial charge in [-0.3, -0.25) is 9.59 Å². The number of nitrogens with zero attached hydrogens (tertiary/aromatic N) is 3. The number of aldehydes is 1. The van der Waals surface area contributed by atoms with Gasteiger partial charge < -0.3 is 9.30 Å². The number of pyridine rings is 2. The normalized spacial score (nSPS) is 10.5. The predicted molar refractivity (Wildman–Crippen MR) is 109 cm³/mol. The van der Waals surface area contributed by atoms with Crippen LogP contribution in [0.15, 0.2) is 39.9 Å². The molecular formula is C19H24BrN3O4. The fourth-order valence-corrected chi connectivity index (χ4v) is 2.56. The molecule has 0 aliphatic rings. The van der Waals surface area contributed by atoms with E-state index in [0.29, 0.717) is 16.3 Å². The molecule has 7 nitrogen and oxygen atoms in total. The Morgan fingerprint density at radius 2 is 1.93 bits per heavy atom. The lowest BCUT2D eigenvalue weighted by atomic mass is 10.2. The molecule has 1 amide bonds. The zero-order valence-electron chi connectivity index (χ0n) is 16.3. The van der Waals surface area contributed by atoms with Crippen LogP contribution in [-0.4, -0.2) is 27.5 Å². The van der Waals surface area contributed by atoms with E-state index in [1.54, 1.807) is 34.0 Å². The number of amides is 1. The molecule has 0 aromatic carbocycles. The molecule has 0 aliphatic heterocycles. The first-order valence-corrected chi connectivity index (χ1v) is 9.22. The van der Waals surface area contributed by atoms with Gasteiger partial charge in [-0.15, -0.1) is 0 Å². The fourth-order valence-electron chi connectivity index (χ4n) is 2.04. The highest BCUT2D eigenvalue weighted by molar-refractivity contribution is 9.10. The number of anilines is 2. The summed E-state index contributed by atoms with van der Waals surface area (Å²) in [7, 11) is 1.58. The van der Waals surface area contributed by atoms with Gasteiger partial charge in [0, 0.05) is 29.5 Å². The lowest BCUT2D eigenvalue weighted by Gasteiger charge is -2.26. The highest BCUT2D eigenvalue weighted by Crippen LogP contribution is 2.25. The van der Waals surface area contributed by atoms with Gasteiger partial charge in [0.1, 0.15) is 17.1 Å². The summed E-state index contributed by atoms with van der Waals surface area (Å²) in [6, 6.07) is 4.50. The fraction of sp³-hybridized carbons (Fsp3) is 0.368. The molecule has 0 atom stereocenters. The van der Waals surface area contributed by atoms with E-state index < -0.39 is 17.3 Å². The Hall–Kier alpha value is -2.48. The van der Waals surface area contributed by atoms with Gasteiger partial charge in [-0.05, 0) is 54.9 Å². The molecule has 146 valence electrons. The number of rotatable bonds is 3. The second kappa shape index (κ2) is 9.45. The second-order valence-electron chi connectivity index (χ2n) is 6.34. The number of aryl methyl sites for hydroxylation is 1. The molecule has 2 aromatic rings. The quantitative estimate of drug-likeness (QED) is 0.662. The molecule has 2 aromatic heterocycles. The molecule has 2 rings (SSSR count). The SMILES string of the molecule is CC.Cn1cc(Br)cc(N(C(=O)OC(C)(C)C)c2ccc(C=O)cn2)c1=O. The van der Waals surface area contributed by atoms with Crippen molar-refractivity contribution in [2.45, 2.75) is 40.2 Å². The molecule has 8 heteroatoms. The Kier molecular flexibility index (Phi) is 7.90. The topological polar surface area (TPSA) is 81.5 Å². The number of carbonyl (C=O) groups excluding carboxylic acids is 2. The monoisotopic (exact) mass is 437 g/mol. The highest BCUT2D eigenvalue weighted by Gasteiger charge is 2.28. The largest absolute Gasteiger partial charge is 0.443 e. The van der Waals surface area contributed by atoms with Gasteiger partial charge in [0.05, 0.1) is 0 Å². The Morgan fingerprint density at radius 3 is 2.41 bits per heavy atom. The summed E-state index contributed by atoms with van der Waals surface area (Å²) in [5, 5.41) is 0. The van der Waals surface area contributed by atoms with E-state index in [2.05, 4.69) is 20.9 Å². The van der Waals surface area contributed by atoms with Gasteiger partial charge in [0.15, 0.2) is 6.29 Å². The van der Waals surface area contributed by atoms with Crippen molar-refractivity contribution in [2.75, 3.05) is 4.90 Å². The van der Waals surface area contributed by atoms with Crippen LogP contribution in [0.3, 0.4) is 0 Å². The number of ether oxygens (including phenoxy) is 1. The summed E-state index contributed by atoms with van der Waals surface area (Å²) in [5.74, 6) is 0.176. The molecule has 0 fully saturated rings.